The highest BCUT2D eigenvalue weighted by molar-refractivity contribution is 5.93. The molecule has 0 radical (unpaired) electrons. The molecule has 1 aliphatic carbocycles. The van der Waals surface area contributed by atoms with Crippen molar-refractivity contribution in [3.63, 3.8) is 0 Å². The van der Waals surface area contributed by atoms with Gasteiger partial charge in [0, 0.05) is 5.54 Å². The molecule has 30 heavy (non-hydrogen) atoms. The quantitative estimate of drug-likeness (QED) is 0.548. The Morgan fingerprint density at radius 3 is 1.93 bits per heavy atom. The van der Waals surface area contributed by atoms with E-state index < -0.39 is 11.9 Å². The first-order chi connectivity index (χ1) is 14.4. The molecule has 0 heterocycles. The number of nitrogens with one attached hydrogen (secondary N) is 1. The van der Waals surface area contributed by atoms with E-state index in [1.54, 1.807) is 0 Å². The predicted octanol–water partition coefficient (Wildman–Crippen LogP) is 5.30. The van der Waals surface area contributed by atoms with Crippen molar-refractivity contribution in [1.29, 1.82) is 0 Å². The van der Waals surface area contributed by atoms with Crippen LogP contribution in [0, 0.1) is 0 Å². The minimum atomic E-state index is -1.13. The summed E-state index contributed by atoms with van der Waals surface area (Å²) in [6.45, 7) is 0. The van der Waals surface area contributed by atoms with Gasteiger partial charge in [0.15, 0.2) is 0 Å². The van der Waals surface area contributed by atoms with E-state index in [2.05, 4.69) is 54.8 Å². The van der Waals surface area contributed by atoms with Crippen LogP contribution in [-0.2, 0) is 5.54 Å². The summed E-state index contributed by atoms with van der Waals surface area (Å²) in [6, 6.07) is 20.8. The van der Waals surface area contributed by atoms with E-state index in [4.69, 9.17) is 10.2 Å². The number of carboxylic acid groups (broad SMARTS) is 2. The lowest BCUT2D eigenvalue weighted by Gasteiger charge is -2.38. The first kappa shape index (κ1) is 21.5. The Kier molecular flexibility index (Phi) is 6.85. The fourth-order valence-corrected chi connectivity index (χ4v) is 4.11. The summed E-state index contributed by atoms with van der Waals surface area (Å²) in [4.78, 5) is 20.8. The van der Waals surface area contributed by atoms with Gasteiger partial charge in [0.25, 0.3) is 0 Å². The predicted molar refractivity (Wildman–Crippen MR) is 118 cm³/mol. The number of hydrogen-bond acceptors (Lipinski definition) is 3. The summed E-state index contributed by atoms with van der Waals surface area (Å²) >= 11 is 0. The summed E-state index contributed by atoms with van der Waals surface area (Å²) in [5, 5.41) is 23.3. The molecule has 0 spiro atoms. The molecule has 156 valence electrons. The van der Waals surface area contributed by atoms with Crippen molar-refractivity contribution in [3.05, 3.63) is 83.4 Å². The third-order valence-electron chi connectivity index (χ3n) is 5.84. The Hall–Kier alpha value is -3.18. The first-order valence-corrected chi connectivity index (χ1v) is 10.2. The van der Waals surface area contributed by atoms with Crippen LogP contribution in [0.2, 0.25) is 0 Å². The smallest absolute Gasteiger partial charge is 0.335 e. The van der Waals surface area contributed by atoms with E-state index in [9.17, 15) is 9.59 Å². The van der Waals surface area contributed by atoms with Crippen LogP contribution in [-0.4, -0.2) is 29.2 Å². The lowest BCUT2D eigenvalue weighted by Crippen LogP contribution is -2.41. The highest BCUT2D eigenvalue weighted by atomic mass is 16.4. The van der Waals surface area contributed by atoms with Crippen molar-refractivity contribution in [2.45, 2.75) is 37.6 Å². The molecule has 1 aliphatic rings. The summed E-state index contributed by atoms with van der Waals surface area (Å²) in [5.74, 6) is -2.25. The molecule has 1 saturated carbocycles. The second-order valence-corrected chi connectivity index (χ2v) is 7.65. The Labute approximate surface area is 176 Å². The highest BCUT2D eigenvalue weighted by Gasteiger charge is 2.31. The fourth-order valence-electron chi connectivity index (χ4n) is 4.11. The zero-order valence-corrected chi connectivity index (χ0v) is 17.1. The van der Waals surface area contributed by atoms with Gasteiger partial charge in [0.2, 0.25) is 0 Å². The Bertz CT molecular complexity index is 1010. The van der Waals surface area contributed by atoms with E-state index in [1.165, 1.54) is 66.6 Å². The number of carbonyl (C=O) groups is 2. The van der Waals surface area contributed by atoms with E-state index in [0.29, 0.717) is 0 Å². The molecule has 4 rings (SSSR count). The maximum Gasteiger partial charge on any atom is 0.335 e. The lowest BCUT2D eigenvalue weighted by atomic mass is 9.76. The van der Waals surface area contributed by atoms with Gasteiger partial charge in [0.1, 0.15) is 0 Å². The van der Waals surface area contributed by atoms with Gasteiger partial charge in [-0.05, 0) is 60.5 Å². The van der Waals surface area contributed by atoms with Crippen LogP contribution in [0.4, 0.5) is 0 Å². The molecule has 0 atom stereocenters. The Morgan fingerprint density at radius 2 is 1.37 bits per heavy atom. The van der Waals surface area contributed by atoms with Crippen LogP contribution in [0.1, 0.15) is 58.4 Å². The van der Waals surface area contributed by atoms with Crippen molar-refractivity contribution in [2.75, 3.05) is 7.05 Å². The van der Waals surface area contributed by atoms with Gasteiger partial charge >= 0.3 is 11.9 Å². The summed E-state index contributed by atoms with van der Waals surface area (Å²) in [6.07, 6.45) is 6.60. The largest absolute Gasteiger partial charge is 0.478 e. The van der Waals surface area contributed by atoms with Gasteiger partial charge in [0.05, 0.1) is 11.1 Å². The molecule has 3 aromatic carbocycles. The normalized spacial score (nSPS) is 15.1. The van der Waals surface area contributed by atoms with Gasteiger partial charge in [-0.25, -0.2) is 9.59 Å². The number of rotatable bonds is 4. The maximum atomic E-state index is 10.4. The van der Waals surface area contributed by atoms with E-state index in [0.717, 1.165) is 6.07 Å². The first-order valence-electron chi connectivity index (χ1n) is 10.2. The minimum absolute atomic E-state index is 0.0186. The van der Waals surface area contributed by atoms with Gasteiger partial charge in [-0.2, -0.15) is 0 Å². The van der Waals surface area contributed by atoms with Crippen LogP contribution >= 0.6 is 0 Å². The van der Waals surface area contributed by atoms with E-state index >= 15 is 0 Å². The monoisotopic (exact) mass is 405 g/mol. The third kappa shape index (κ3) is 4.86. The molecule has 3 aromatic rings. The second-order valence-electron chi connectivity index (χ2n) is 7.65. The molecule has 3 N–H and O–H groups in total. The molecular weight excluding hydrogens is 378 g/mol. The van der Waals surface area contributed by atoms with E-state index in [-0.39, 0.29) is 16.7 Å². The van der Waals surface area contributed by atoms with Crippen molar-refractivity contribution in [3.8, 4) is 0 Å². The molecule has 0 aromatic heterocycles. The van der Waals surface area contributed by atoms with Crippen LogP contribution < -0.4 is 5.32 Å². The van der Waals surface area contributed by atoms with Crippen molar-refractivity contribution >= 4 is 22.7 Å². The van der Waals surface area contributed by atoms with Gasteiger partial charge < -0.3 is 15.5 Å². The third-order valence-corrected chi connectivity index (χ3v) is 5.84. The molecular formula is C25H27NO4. The maximum absolute atomic E-state index is 10.4. The Morgan fingerprint density at radius 1 is 0.767 bits per heavy atom. The van der Waals surface area contributed by atoms with Crippen molar-refractivity contribution in [1.82, 2.24) is 5.32 Å². The summed E-state index contributed by atoms with van der Waals surface area (Å²) in [5.41, 5.74) is 1.63. The molecule has 0 unspecified atom stereocenters. The molecule has 0 amide bonds. The average molecular weight is 405 g/mol. The molecule has 1 fully saturated rings. The minimum Gasteiger partial charge on any atom is -0.478 e. The van der Waals surface area contributed by atoms with Crippen LogP contribution in [0.5, 0.6) is 0 Å². The number of aromatic carboxylic acids is 2. The highest BCUT2D eigenvalue weighted by Crippen LogP contribution is 2.37. The van der Waals surface area contributed by atoms with Crippen LogP contribution in [0.25, 0.3) is 10.8 Å². The van der Waals surface area contributed by atoms with Crippen LogP contribution in [0.15, 0.2) is 66.7 Å². The second kappa shape index (κ2) is 9.55. The standard InChI is InChI=1S/C17H21N.C8H6O4/c1-18-17(11-5-2-6-12-17)16-10-9-14-7-3-4-8-15(14)13-16;9-7(10)5-2-1-3-6(4-5)8(11)12/h3-4,7-10,13,18H,2,5-6,11-12H2,1H3;1-4H,(H,9,10)(H,11,12). The van der Waals surface area contributed by atoms with Gasteiger partial charge in [-0.15, -0.1) is 0 Å². The van der Waals surface area contributed by atoms with E-state index in [1.807, 2.05) is 0 Å². The van der Waals surface area contributed by atoms with Gasteiger partial charge in [-0.3, -0.25) is 0 Å². The molecule has 5 heteroatoms. The molecule has 0 bridgehead atoms. The molecule has 0 aliphatic heterocycles. The fraction of sp³-hybridized carbons (Fsp3) is 0.280. The number of hydrogen-bond donors (Lipinski definition) is 3. The molecule has 5 nitrogen and oxygen atoms in total. The number of benzene rings is 3. The number of fused-ring (bicyclic) bond motifs is 1. The lowest BCUT2D eigenvalue weighted by molar-refractivity contribution is 0.0696. The zero-order chi connectivity index (χ0) is 21.6. The summed E-state index contributed by atoms with van der Waals surface area (Å²) < 4.78 is 0. The summed E-state index contributed by atoms with van der Waals surface area (Å²) in [7, 11) is 2.11. The van der Waals surface area contributed by atoms with Crippen molar-refractivity contribution in [2.24, 2.45) is 0 Å². The SMILES string of the molecule is CNC1(c2ccc3ccccc3c2)CCCCC1.O=C(O)c1cccc(C(=O)O)c1. The molecule has 0 saturated heterocycles. The Balaban J connectivity index is 0.000000187. The van der Waals surface area contributed by atoms with Gasteiger partial charge in [-0.1, -0.05) is 61.7 Å². The van der Waals surface area contributed by atoms with Crippen LogP contribution in [0.3, 0.4) is 0 Å². The number of carboxylic acids is 2. The topological polar surface area (TPSA) is 86.6 Å². The average Bonchev–Trinajstić information content (AvgIpc) is 2.79. The van der Waals surface area contributed by atoms with Crippen molar-refractivity contribution < 1.29 is 19.8 Å². The zero-order valence-electron chi connectivity index (χ0n) is 17.1.